The second kappa shape index (κ2) is 7.90. The summed E-state index contributed by atoms with van der Waals surface area (Å²) in [6, 6.07) is 6.22. The molecule has 0 aliphatic carbocycles. The number of rotatable bonds is 5. The second-order valence-corrected chi connectivity index (χ2v) is 6.67. The minimum absolute atomic E-state index is 0.0436. The number of benzene rings is 1. The number of carbonyl (C=O) groups is 2. The van der Waals surface area contributed by atoms with Crippen molar-refractivity contribution in [1.82, 2.24) is 10.6 Å². The normalized spacial score (nSPS) is 19.3. The predicted molar refractivity (Wildman–Crippen MR) is 97.5 cm³/mol. The number of amides is 2. The number of halogens is 1. The first kappa shape index (κ1) is 18.4. The predicted octanol–water partition coefficient (Wildman–Crippen LogP) is 1.80. The molecule has 4 N–H and O–H groups in total. The molecule has 2 unspecified atom stereocenters. The molecule has 2 amide bonds. The standard InChI is InChI=1S/C18H20ClN3O4/c1-10-13(4-5-26-10)18(25)22-15-6-12(19)2-3-14(15)17(24)21-8-11-7-20-9-16(11)23/h2-6,11,16,20,23H,7-9H2,1H3,(H,21,24)(H,22,25). The van der Waals surface area contributed by atoms with Gasteiger partial charge in [0.15, 0.2) is 0 Å². The Kier molecular flexibility index (Phi) is 5.61. The maximum Gasteiger partial charge on any atom is 0.259 e. The van der Waals surface area contributed by atoms with Crippen LogP contribution in [0, 0.1) is 12.8 Å². The average molecular weight is 378 g/mol. The Morgan fingerprint density at radius 2 is 2.08 bits per heavy atom. The van der Waals surface area contributed by atoms with E-state index in [1.165, 1.54) is 12.3 Å². The lowest BCUT2D eigenvalue weighted by Crippen LogP contribution is -2.34. The number of carbonyl (C=O) groups excluding carboxylic acids is 2. The molecule has 0 spiro atoms. The second-order valence-electron chi connectivity index (χ2n) is 6.23. The van der Waals surface area contributed by atoms with Crippen LogP contribution in [0.4, 0.5) is 5.69 Å². The van der Waals surface area contributed by atoms with Crippen molar-refractivity contribution in [2.45, 2.75) is 13.0 Å². The van der Waals surface area contributed by atoms with Crippen molar-refractivity contribution in [1.29, 1.82) is 0 Å². The van der Waals surface area contributed by atoms with Gasteiger partial charge in [-0.25, -0.2) is 0 Å². The molecule has 1 fully saturated rings. The first-order chi connectivity index (χ1) is 12.5. The number of β-amino-alcohol motifs (C(OH)–C–C–N with tert-alkyl or cyclic N) is 1. The number of nitrogens with one attached hydrogen (secondary N) is 3. The molecule has 3 rings (SSSR count). The summed E-state index contributed by atoms with van der Waals surface area (Å²) in [6.07, 6.45) is 0.945. The largest absolute Gasteiger partial charge is 0.469 e. The summed E-state index contributed by atoms with van der Waals surface area (Å²) in [7, 11) is 0. The van der Waals surface area contributed by atoms with Crippen LogP contribution in [0.15, 0.2) is 34.9 Å². The first-order valence-corrected chi connectivity index (χ1v) is 8.65. The molecule has 1 aromatic carbocycles. The van der Waals surface area contributed by atoms with E-state index in [1.54, 1.807) is 25.1 Å². The van der Waals surface area contributed by atoms with Crippen LogP contribution in [0.2, 0.25) is 5.02 Å². The number of aliphatic hydroxyl groups excluding tert-OH is 1. The zero-order valence-corrected chi connectivity index (χ0v) is 15.0. The third kappa shape index (κ3) is 4.07. The van der Waals surface area contributed by atoms with Crippen molar-refractivity contribution in [2.24, 2.45) is 5.92 Å². The molecule has 1 saturated heterocycles. The molecule has 8 heteroatoms. The third-order valence-electron chi connectivity index (χ3n) is 4.41. The summed E-state index contributed by atoms with van der Waals surface area (Å²) in [5.41, 5.74) is 0.992. The highest BCUT2D eigenvalue weighted by Gasteiger charge is 2.25. The third-order valence-corrected chi connectivity index (χ3v) is 4.64. The fourth-order valence-corrected chi connectivity index (χ4v) is 3.05. The Labute approximate surface area is 155 Å². The minimum Gasteiger partial charge on any atom is -0.469 e. The molecule has 0 radical (unpaired) electrons. The number of anilines is 1. The van der Waals surface area contributed by atoms with Crippen LogP contribution in [-0.4, -0.2) is 42.7 Å². The number of hydrogen-bond donors (Lipinski definition) is 4. The van der Waals surface area contributed by atoms with Crippen LogP contribution in [-0.2, 0) is 0 Å². The van der Waals surface area contributed by atoms with Crippen LogP contribution in [0.3, 0.4) is 0 Å². The van der Waals surface area contributed by atoms with E-state index in [-0.39, 0.29) is 17.7 Å². The van der Waals surface area contributed by atoms with Crippen molar-refractivity contribution >= 4 is 29.1 Å². The fourth-order valence-electron chi connectivity index (χ4n) is 2.87. The highest BCUT2D eigenvalue weighted by molar-refractivity contribution is 6.31. The zero-order chi connectivity index (χ0) is 18.7. The quantitative estimate of drug-likeness (QED) is 0.636. The van der Waals surface area contributed by atoms with Gasteiger partial charge >= 0.3 is 0 Å². The van der Waals surface area contributed by atoms with E-state index in [4.69, 9.17) is 16.0 Å². The monoisotopic (exact) mass is 377 g/mol. The molecule has 26 heavy (non-hydrogen) atoms. The lowest BCUT2D eigenvalue weighted by Gasteiger charge is -2.16. The van der Waals surface area contributed by atoms with Crippen LogP contribution < -0.4 is 16.0 Å². The topological polar surface area (TPSA) is 104 Å². The van der Waals surface area contributed by atoms with Gasteiger partial charge in [-0.1, -0.05) is 11.6 Å². The maximum absolute atomic E-state index is 12.5. The molecule has 7 nitrogen and oxygen atoms in total. The number of aryl methyl sites for hydroxylation is 1. The molecule has 2 aromatic rings. The molecule has 2 atom stereocenters. The van der Waals surface area contributed by atoms with Gasteiger partial charge in [0.2, 0.25) is 0 Å². The van der Waals surface area contributed by atoms with Gasteiger partial charge in [0.05, 0.1) is 29.2 Å². The van der Waals surface area contributed by atoms with Gasteiger partial charge in [-0.3, -0.25) is 9.59 Å². The van der Waals surface area contributed by atoms with Crippen LogP contribution in [0.1, 0.15) is 26.5 Å². The fraction of sp³-hybridized carbons (Fsp3) is 0.333. The van der Waals surface area contributed by atoms with Crippen molar-refractivity contribution < 1.29 is 19.1 Å². The Hall–Kier alpha value is -2.35. The van der Waals surface area contributed by atoms with Gasteiger partial charge in [-0.2, -0.15) is 0 Å². The van der Waals surface area contributed by atoms with Gasteiger partial charge in [0.25, 0.3) is 11.8 Å². The Balaban J connectivity index is 1.73. The number of aliphatic hydroxyl groups is 1. The first-order valence-electron chi connectivity index (χ1n) is 8.27. The van der Waals surface area contributed by atoms with Crippen LogP contribution in [0.25, 0.3) is 0 Å². The summed E-state index contributed by atoms with van der Waals surface area (Å²) in [5.74, 6) is -0.293. The van der Waals surface area contributed by atoms with Gasteiger partial charge in [-0.05, 0) is 31.2 Å². The summed E-state index contributed by atoms with van der Waals surface area (Å²) in [6.45, 7) is 3.18. The zero-order valence-electron chi connectivity index (χ0n) is 14.2. The molecule has 138 valence electrons. The highest BCUT2D eigenvalue weighted by atomic mass is 35.5. The van der Waals surface area contributed by atoms with E-state index < -0.39 is 6.10 Å². The smallest absolute Gasteiger partial charge is 0.259 e. The van der Waals surface area contributed by atoms with Gasteiger partial charge in [-0.15, -0.1) is 0 Å². The minimum atomic E-state index is -0.483. The Morgan fingerprint density at radius 3 is 2.73 bits per heavy atom. The van der Waals surface area contributed by atoms with Crippen LogP contribution in [0.5, 0.6) is 0 Å². The summed E-state index contributed by atoms with van der Waals surface area (Å²) in [5, 5.41) is 18.8. The van der Waals surface area contributed by atoms with Gasteiger partial charge < -0.3 is 25.5 Å². The highest BCUT2D eigenvalue weighted by Crippen LogP contribution is 2.23. The average Bonchev–Trinajstić information content (AvgIpc) is 3.21. The molecule has 1 aliphatic rings. The van der Waals surface area contributed by atoms with E-state index in [2.05, 4.69) is 16.0 Å². The molecule has 0 bridgehead atoms. The van der Waals surface area contributed by atoms with Crippen LogP contribution >= 0.6 is 11.6 Å². The SMILES string of the molecule is Cc1occc1C(=O)Nc1cc(Cl)ccc1C(=O)NCC1CNCC1O. The van der Waals surface area contributed by atoms with E-state index in [1.807, 2.05) is 0 Å². The van der Waals surface area contributed by atoms with E-state index in [0.29, 0.717) is 47.2 Å². The lowest BCUT2D eigenvalue weighted by atomic mass is 10.1. The lowest BCUT2D eigenvalue weighted by molar-refractivity contribution is 0.0928. The summed E-state index contributed by atoms with van der Waals surface area (Å²) >= 11 is 6.02. The molecular weight excluding hydrogens is 358 g/mol. The Bertz CT molecular complexity index is 821. The molecule has 1 aliphatic heterocycles. The number of hydrogen-bond acceptors (Lipinski definition) is 5. The van der Waals surface area contributed by atoms with Gasteiger partial charge in [0.1, 0.15) is 5.76 Å². The van der Waals surface area contributed by atoms with E-state index in [0.717, 1.165) is 0 Å². The molecule has 0 saturated carbocycles. The van der Waals surface area contributed by atoms with Crippen molar-refractivity contribution in [3.8, 4) is 0 Å². The summed E-state index contributed by atoms with van der Waals surface area (Å²) < 4.78 is 5.13. The van der Waals surface area contributed by atoms with Gasteiger partial charge in [0, 0.05) is 30.6 Å². The maximum atomic E-state index is 12.5. The molecule has 1 aromatic heterocycles. The summed E-state index contributed by atoms with van der Waals surface area (Å²) in [4.78, 5) is 25.0. The number of furan rings is 1. The molecular formula is C18H20ClN3O4. The van der Waals surface area contributed by atoms with Crippen molar-refractivity contribution in [3.63, 3.8) is 0 Å². The van der Waals surface area contributed by atoms with Crippen molar-refractivity contribution in [2.75, 3.05) is 25.0 Å². The Morgan fingerprint density at radius 1 is 1.27 bits per heavy atom. The van der Waals surface area contributed by atoms with E-state index >= 15 is 0 Å². The molecule has 2 heterocycles. The van der Waals surface area contributed by atoms with Crippen molar-refractivity contribution in [3.05, 3.63) is 52.4 Å². The van der Waals surface area contributed by atoms with E-state index in [9.17, 15) is 14.7 Å².